The zero-order valence-corrected chi connectivity index (χ0v) is 17.2. The highest BCUT2D eigenvalue weighted by molar-refractivity contribution is 7.89. The van der Waals surface area contributed by atoms with E-state index in [9.17, 15) is 26.4 Å². The molecule has 0 bridgehead atoms. The number of nitrogens with zero attached hydrogens (tertiary/aromatic N) is 1. The first-order valence-corrected chi connectivity index (χ1v) is 9.95. The Morgan fingerprint density at radius 2 is 1.86 bits per heavy atom. The van der Waals surface area contributed by atoms with Crippen molar-refractivity contribution in [2.75, 3.05) is 26.0 Å². The molecule has 1 amide bonds. The maximum absolute atomic E-state index is 12.8. The van der Waals surface area contributed by atoms with Gasteiger partial charge in [-0.2, -0.15) is 17.5 Å². The van der Waals surface area contributed by atoms with E-state index in [0.717, 1.165) is 16.4 Å². The van der Waals surface area contributed by atoms with Crippen molar-refractivity contribution in [2.24, 2.45) is 0 Å². The van der Waals surface area contributed by atoms with Gasteiger partial charge in [0.05, 0.1) is 29.9 Å². The predicted molar refractivity (Wildman–Crippen MR) is 103 cm³/mol. The van der Waals surface area contributed by atoms with Gasteiger partial charge in [0.2, 0.25) is 15.9 Å². The monoisotopic (exact) mass is 450 g/mol. The third-order valence-corrected chi connectivity index (χ3v) is 6.10. The number of rotatable bonds is 6. The molecule has 0 aliphatic carbocycles. The number of carbonyl (C=O) groups is 1. The van der Waals surface area contributed by atoms with Crippen molar-refractivity contribution in [2.45, 2.75) is 18.0 Å². The second kappa shape index (κ2) is 8.60. The number of alkyl halides is 3. The number of anilines is 1. The van der Waals surface area contributed by atoms with Crippen LogP contribution in [0.4, 0.5) is 18.9 Å². The number of halogens is 4. The van der Waals surface area contributed by atoms with E-state index in [4.69, 9.17) is 16.3 Å². The number of benzene rings is 2. The van der Waals surface area contributed by atoms with Gasteiger partial charge in [0.25, 0.3) is 0 Å². The Morgan fingerprint density at radius 1 is 1.21 bits per heavy atom. The van der Waals surface area contributed by atoms with Gasteiger partial charge in [-0.3, -0.25) is 4.79 Å². The molecule has 0 heterocycles. The van der Waals surface area contributed by atoms with Crippen LogP contribution >= 0.6 is 11.6 Å². The SMILES string of the molecule is COc1ccc(C)cc1S(=O)(=O)N(C)CC(=O)Nc1cc(C(F)(F)F)ccc1Cl. The van der Waals surface area contributed by atoms with Crippen LogP contribution < -0.4 is 10.1 Å². The number of hydrogen-bond acceptors (Lipinski definition) is 4. The summed E-state index contributed by atoms with van der Waals surface area (Å²) in [5, 5.41) is 2.10. The van der Waals surface area contributed by atoms with Crippen molar-refractivity contribution in [1.82, 2.24) is 4.31 Å². The van der Waals surface area contributed by atoms with Crippen molar-refractivity contribution >= 4 is 33.2 Å². The van der Waals surface area contributed by atoms with Crippen LogP contribution in [0.5, 0.6) is 5.75 Å². The molecule has 29 heavy (non-hydrogen) atoms. The van der Waals surface area contributed by atoms with E-state index in [2.05, 4.69) is 5.32 Å². The lowest BCUT2D eigenvalue weighted by Gasteiger charge is -2.19. The molecule has 6 nitrogen and oxygen atoms in total. The fourth-order valence-electron chi connectivity index (χ4n) is 2.43. The molecule has 0 atom stereocenters. The number of nitrogens with one attached hydrogen (secondary N) is 1. The van der Waals surface area contributed by atoms with E-state index in [-0.39, 0.29) is 21.4 Å². The zero-order valence-electron chi connectivity index (χ0n) is 15.7. The molecule has 11 heteroatoms. The van der Waals surface area contributed by atoms with Crippen LogP contribution in [0, 0.1) is 6.92 Å². The maximum Gasteiger partial charge on any atom is 0.416 e. The normalized spacial score (nSPS) is 12.1. The standard InChI is InChI=1S/C18H18ClF3N2O4S/c1-11-4-7-15(28-3)16(8-11)29(26,27)24(2)10-17(25)23-14-9-12(18(20,21)22)5-6-13(14)19/h4-9H,10H2,1-3H3,(H,23,25). The minimum atomic E-state index is -4.62. The van der Waals surface area contributed by atoms with E-state index in [1.165, 1.54) is 26.3 Å². The van der Waals surface area contributed by atoms with Crippen LogP contribution in [0.3, 0.4) is 0 Å². The van der Waals surface area contributed by atoms with Crippen LogP contribution in [-0.4, -0.2) is 39.3 Å². The van der Waals surface area contributed by atoms with Crippen molar-refractivity contribution < 1.29 is 31.1 Å². The van der Waals surface area contributed by atoms with Crippen LogP contribution in [0.1, 0.15) is 11.1 Å². The Kier molecular flexibility index (Phi) is 6.82. The van der Waals surface area contributed by atoms with Gasteiger partial charge < -0.3 is 10.1 Å². The highest BCUT2D eigenvalue weighted by Gasteiger charge is 2.31. The molecule has 0 saturated carbocycles. The van der Waals surface area contributed by atoms with E-state index < -0.39 is 34.2 Å². The molecule has 0 fully saturated rings. The Hall–Kier alpha value is -2.30. The molecule has 0 aliphatic rings. The van der Waals surface area contributed by atoms with Gasteiger partial charge in [-0.1, -0.05) is 17.7 Å². The van der Waals surface area contributed by atoms with Crippen molar-refractivity contribution in [3.8, 4) is 5.75 Å². The summed E-state index contributed by atoms with van der Waals surface area (Å²) in [6.07, 6.45) is -4.62. The molecule has 0 radical (unpaired) electrons. The molecule has 0 unspecified atom stereocenters. The lowest BCUT2D eigenvalue weighted by molar-refractivity contribution is -0.137. The second-order valence-electron chi connectivity index (χ2n) is 6.16. The molecule has 2 aromatic rings. The van der Waals surface area contributed by atoms with Crippen LogP contribution in [0.15, 0.2) is 41.3 Å². The van der Waals surface area contributed by atoms with Gasteiger partial charge >= 0.3 is 6.18 Å². The summed E-state index contributed by atoms with van der Waals surface area (Å²) in [5.74, 6) is -0.757. The first kappa shape index (κ1) is 23.0. The van der Waals surface area contributed by atoms with Gasteiger partial charge in [0.15, 0.2) is 0 Å². The number of amides is 1. The molecule has 1 N–H and O–H groups in total. The summed E-state index contributed by atoms with van der Waals surface area (Å²) in [6, 6.07) is 7.00. The summed E-state index contributed by atoms with van der Waals surface area (Å²) >= 11 is 5.84. The number of carbonyl (C=O) groups excluding carboxylic acids is 1. The lowest BCUT2D eigenvalue weighted by atomic mass is 10.2. The number of ether oxygens (including phenoxy) is 1. The van der Waals surface area contributed by atoms with Gasteiger partial charge in [0.1, 0.15) is 10.6 Å². The van der Waals surface area contributed by atoms with E-state index >= 15 is 0 Å². The van der Waals surface area contributed by atoms with Crippen molar-refractivity contribution in [1.29, 1.82) is 0 Å². The lowest BCUT2D eigenvalue weighted by Crippen LogP contribution is -2.35. The molecule has 158 valence electrons. The average molecular weight is 451 g/mol. The fraction of sp³-hybridized carbons (Fsp3) is 0.278. The number of likely N-dealkylation sites (N-methyl/N-ethyl adjacent to an activating group) is 1. The Balaban J connectivity index is 2.22. The molecule has 0 saturated heterocycles. The number of aryl methyl sites for hydroxylation is 1. The topological polar surface area (TPSA) is 75.7 Å². The van der Waals surface area contributed by atoms with Crippen molar-refractivity contribution in [3.63, 3.8) is 0 Å². The van der Waals surface area contributed by atoms with E-state index in [0.29, 0.717) is 11.6 Å². The third-order valence-electron chi connectivity index (χ3n) is 3.94. The molecule has 0 aliphatic heterocycles. The van der Waals surface area contributed by atoms with Crippen LogP contribution in [0.25, 0.3) is 0 Å². The Bertz CT molecular complexity index is 1030. The van der Waals surface area contributed by atoms with Crippen molar-refractivity contribution in [3.05, 3.63) is 52.5 Å². The van der Waals surface area contributed by atoms with Gasteiger partial charge in [-0.25, -0.2) is 8.42 Å². The number of methoxy groups -OCH3 is 1. The summed E-state index contributed by atoms with van der Waals surface area (Å²) in [4.78, 5) is 12.1. The highest BCUT2D eigenvalue weighted by Crippen LogP contribution is 2.34. The highest BCUT2D eigenvalue weighted by atomic mass is 35.5. The molecule has 0 spiro atoms. The van der Waals surface area contributed by atoms with Gasteiger partial charge in [-0.15, -0.1) is 0 Å². The van der Waals surface area contributed by atoms with Gasteiger partial charge in [-0.05, 0) is 42.8 Å². The summed E-state index contributed by atoms with van der Waals surface area (Å²) in [7, 11) is -1.62. The summed E-state index contributed by atoms with van der Waals surface area (Å²) in [5.41, 5.74) is -0.605. The molecule has 0 aromatic heterocycles. The first-order valence-electron chi connectivity index (χ1n) is 8.14. The average Bonchev–Trinajstić information content (AvgIpc) is 2.62. The van der Waals surface area contributed by atoms with Gasteiger partial charge in [0, 0.05) is 7.05 Å². The maximum atomic E-state index is 12.8. The first-order chi connectivity index (χ1) is 13.4. The largest absolute Gasteiger partial charge is 0.495 e. The predicted octanol–water partition coefficient (Wildman–Crippen LogP) is 3.94. The summed E-state index contributed by atoms with van der Waals surface area (Å²) < 4.78 is 69.9. The second-order valence-corrected chi connectivity index (χ2v) is 8.58. The van der Waals surface area contributed by atoms with Crippen LogP contribution in [-0.2, 0) is 21.0 Å². The minimum absolute atomic E-state index is 0.101. The molecule has 2 aromatic carbocycles. The van der Waals surface area contributed by atoms with Crippen LogP contribution in [0.2, 0.25) is 5.02 Å². The van der Waals surface area contributed by atoms with E-state index in [1.807, 2.05) is 0 Å². The number of sulfonamides is 1. The molecular weight excluding hydrogens is 433 g/mol. The Labute approximate surface area is 171 Å². The smallest absolute Gasteiger partial charge is 0.416 e. The fourth-order valence-corrected chi connectivity index (χ4v) is 3.96. The quantitative estimate of drug-likeness (QED) is 0.723. The number of hydrogen-bond donors (Lipinski definition) is 1. The zero-order chi connectivity index (χ0) is 22.0. The van der Waals surface area contributed by atoms with E-state index in [1.54, 1.807) is 13.0 Å². The molecular formula is C18H18ClF3N2O4S. The minimum Gasteiger partial charge on any atom is -0.495 e. The molecule has 2 rings (SSSR count). The Morgan fingerprint density at radius 3 is 2.45 bits per heavy atom. The summed E-state index contributed by atoms with van der Waals surface area (Å²) in [6.45, 7) is 1.05. The third kappa shape index (κ3) is 5.40.